The molecular formula is C16H26NO3P. The Labute approximate surface area is 127 Å². The van der Waals surface area contributed by atoms with Gasteiger partial charge in [0.2, 0.25) is 0 Å². The summed E-state index contributed by atoms with van der Waals surface area (Å²) in [5, 5.41) is 0. The Morgan fingerprint density at radius 2 is 1.81 bits per heavy atom. The first-order valence-electron chi connectivity index (χ1n) is 7.19. The number of nitrogens with zero attached hydrogens (tertiary/aromatic N) is 1. The van der Waals surface area contributed by atoms with E-state index in [1.54, 1.807) is 18.0 Å². The lowest BCUT2D eigenvalue weighted by Gasteiger charge is -2.33. The van der Waals surface area contributed by atoms with E-state index in [2.05, 4.69) is 0 Å². The summed E-state index contributed by atoms with van der Waals surface area (Å²) in [6.45, 7) is 7.98. The minimum atomic E-state index is -2.59. The van der Waals surface area contributed by atoms with Gasteiger partial charge in [-0.3, -0.25) is 4.79 Å². The van der Waals surface area contributed by atoms with Crippen LogP contribution < -0.4 is 0 Å². The molecule has 0 bridgehead atoms. The second-order valence-corrected chi connectivity index (χ2v) is 9.15. The summed E-state index contributed by atoms with van der Waals surface area (Å²) in [5.41, 5.74) is 1.04. The third-order valence-corrected chi connectivity index (χ3v) is 4.99. The molecule has 5 heteroatoms. The maximum atomic E-state index is 12.7. The lowest BCUT2D eigenvalue weighted by atomic mass is 10.0. The van der Waals surface area contributed by atoms with Crippen LogP contribution in [-0.4, -0.2) is 37.1 Å². The molecule has 0 aliphatic heterocycles. The fourth-order valence-electron chi connectivity index (χ4n) is 2.31. The SMILES string of the molecule is COC(=O)[C@H](CC(C)C)N(Cc1ccccc1)P(C)(C)=O. The Morgan fingerprint density at radius 3 is 2.24 bits per heavy atom. The standard InChI is InChI=1S/C16H26NO3P/c1-13(2)11-15(16(18)20-3)17(21(4,5)19)12-14-9-7-6-8-10-14/h6-10,13,15H,11-12H2,1-5H3/t15-/m0/s1. The molecule has 0 heterocycles. The van der Waals surface area contributed by atoms with Crippen LogP contribution >= 0.6 is 7.29 Å². The van der Waals surface area contributed by atoms with E-state index in [1.165, 1.54) is 7.11 Å². The monoisotopic (exact) mass is 311 g/mol. The van der Waals surface area contributed by atoms with Gasteiger partial charge in [0.15, 0.2) is 0 Å². The van der Waals surface area contributed by atoms with Crippen molar-refractivity contribution in [1.82, 2.24) is 4.67 Å². The van der Waals surface area contributed by atoms with E-state index in [0.717, 1.165) is 5.56 Å². The van der Waals surface area contributed by atoms with Crippen LogP contribution in [0, 0.1) is 5.92 Å². The van der Waals surface area contributed by atoms with Gasteiger partial charge in [-0.2, -0.15) is 0 Å². The maximum Gasteiger partial charge on any atom is 0.323 e. The number of carbonyl (C=O) groups excluding carboxylic acids is 1. The molecule has 0 N–H and O–H groups in total. The van der Waals surface area contributed by atoms with Gasteiger partial charge in [-0.1, -0.05) is 44.2 Å². The molecule has 0 saturated carbocycles. The van der Waals surface area contributed by atoms with Gasteiger partial charge in [-0.15, -0.1) is 0 Å². The highest BCUT2D eigenvalue weighted by Gasteiger charge is 2.34. The molecule has 118 valence electrons. The lowest BCUT2D eigenvalue weighted by Crippen LogP contribution is -2.40. The molecule has 0 fully saturated rings. The van der Waals surface area contributed by atoms with Crippen LogP contribution in [-0.2, 0) is 20.6 Å². The van der Waals surface area contributed by atoms with Gasteiger partial charge in [0, 0.05) is 19.9 Å². The molecule has 0 saturated heterocycles. The second kappa shape index (κ2) is 7.77. The predicted molar refractivity (Wildman–Crippen MR) is 86.7 cm³/mol. The first-order chi connectivity index (χ1) is 9.75. The number of hydrogen-bond donors (Lipinski definition) is 0. The molecule has 4 nitrogen and oxygen atoms in total. The minimum absolute atomic E-state index is 0.316. The van der Waals surface area contributed by atoms with Crippen LogP contribution in [0.4, 0.5) is 0 Å². The molecule has 0 unspecified atom stereocenters. The van der Waals surface area contributed by atoms with Crippen molar-refractivity contribution in [3.05, 3.63) is 35.9 Å². The fourth-order valence-corrected chi connectivity index (χ4v) is 3.67. The number of rotatable bonds is 7. The zero-order chi connectivity index (χ0) is 16.0. The van der Waals surface area contributed by atoms with Gasteiger partial charge in [0.25, 0.3) is 0 Å². The fraction of sp³-hybridized carbons (Fsp3) is 0.562. The topological polar surface area (TPSA) is 46.6 Å². The summed E-state index contributed by atoms with van der Waals surface area (Å²) in [7, 11) is -1.21. The highest BCUT2D eigenvalue weighted by Crippen LogP contribution is 2.45. The van der Waals surface area contributed by atoms with Crippen molar-refractivity contribution in [2.75, 3.05) is 20.4 Å². The van der Waals surface area contributed by atoms with Gasteiger partial charge < -0.3 is 9.30 Å². The molecule has 21 heavy (non-hydrogen) atoms. The van der Waals surface area contributed by atoms with Crippen molar-refractivity contribution in [1.29, 1.82) is 0 Å². The zero-order valence-electron chi connectivity index (χ0n) is 13.6. The summed E-state index contributed by atoms with van der Waals surface area (Å²) in [5.74, 6) is 0.00230. The number of benzene rings is 1. The van der Waals surface area contributed by atoms with E-state index in [9.17, 15) is 9.36 Å². The van der Waals surface area contributed by atoms with Crippen LogP contribution in [0.25, 0.3) is 0 Å². The molecule has 1 rings (SSSR count). The minimum Gasteiger partial charge on any atom is -0.468 e. The molecule has 0 radical (unpaired) electrons. The third-order valence-electron chi connectivity index (χ3n) is 3.33. The number of methoxy groups -OCH3 is 1. The molecule has 1 atom stereocenters. The number of ether oxygens (including phenoxy) is 1. The lowest BCUT2D eigenvalue weighted by molar-refractivity contribution is -0.145. The van der Waals surface area contributed by atoms with Crippen LogP contribution in [0.2, 0.25) is 0 Å². The summed E-state index contributed by atoms with van der Waals surface area (Å²) < 4.78 is 19.4. The molecule has 0 aromatic heterocycles. The normalized spacial score (nSPS) is 13.5. The average molecular weight is 311 g/mol. The molecule has 0 amide bonds. The van der Waals surface area contributed by atoms with Gasteiger partial charge in [0.05, 0.1) is 7.11 Å². The van der Waals surface area contributed by atoms with Crippen molar-refractivity contribution in [2.24, 2.45) is 5.92 Å². The number of esters is 1. The van der Waals surface area contributed by atoms with Gasteiger partial charge in [-0.05, 0) is 17.9 Å². The van der Waals surface area contributed by atoms with Crippen LogP contribution in [0.15, 0.2) is 30.3 Å². The molecule has 0 aliphatic carbocycles. The Hall–Kier alpha value is -1.12. The molecule has 1 aromatic carbocycles. The summed E-state index contributed by atoms with van der Waals surface area (Å²) in [6, 6.07) is 9.31. The summed E-state index contributed by atoms with van der Waals surface area (Å²) in [6.07, 6.45) is 0.630. The van der Waals surface area contributed by atoms with Crippen LogP contribution in [0.3, 0.4) is 0 Å². The average Bonchev–Trinajstić information content (AvgIpc) is 2.41. The Kier molecular flexibility index (Phi) is 6.63. The van der Waals surface area contributed by atoms with Crippen LogP contribution in [0.1, 0.15) is 25.8 Å². The molecule has 1 aromatic rings. The van der Waals surface area contributed by atoms with Crippen LogP contribution in [0.5, 0.6) is 0 Å². The summed E-state index contributed by atoms with van der Waals surface area (Å²) in [4.78, 5) is 12.1. The zero-order valence-corrected chi connectivity index (χ0v) is 14.5. The summed E-state index contributed by atoms with van der Waals surface area (Å²) >= 11 is 0. The smallest absolute Gasteiger partial charge is 0.323 e. The first kappa shape index (κ1) is 17.9. The molecule has 0 spiro atoms. The van der Waals surface area contributed by atoms with Crippen molar-refractivity contribution in [3.63, 3.8) is 0 Å². The number of carbonyl (C=O) groups is 1. The van der Waals surface area contributed by atoms with Crippen molar-refractivity contribution < 1.29 is 14.1 Å². The van der Waals surface area contributed by atoms with Gasteiger partial charge in [-0.25, -0.2) is 4.67 Å². The maximum absolute atomic E-state index is 12.7. The quantitative estimate of drug-likeness (QED) is 0.570. The largest absolute Gasteiger partial charge is 0.468 e. The Balaban J connectivity index is 3.09. The third kappa shape index (κ3) is 5.64. The highest BCUT2D eigenvalue weighted by atomic mass is 31.2. The van der Waals surface area contributed by atoms with Crippen molar-refractivity contribution in [2.45, 2.75) is 32.9 Å². The van der Waals surface area contributed by atoms with Gasteiger partial charge in [0.1, 0.15) is 13.3 Å². The van der Waals surface area contributed by atoms with E-state index in [1.807, 2.05) is 44.2 Å². The van der Waals surface area contributed by atoms with Gasteiger partial charge >= 0.3 is 5.97 Å². The number of hydrogen-bond acceptors (Lipinski definition) is 3. The van der Waals surface area contributed by atoms with E-state index in [0.29, 0.717) is 18.9 Å². The highest BCUT2D eigenvalue weighted by molar-refractivity contribution is 7.59. The Morgan fingerprint density at radius 1 is 1.24 bits per heavy atom. The van der Waals surface area contributed by atoms with E-state index in [-0.39, 0.29) is 5.97 Å². The Bertz CT molecular complexity index is 496. The van der Waals surface area contributed by atoms with E-state index < -0.39 is 13.3 Å². The van der Waals surface area contributed by atoms with Crippen molar-refractivity contribution in [3.8, 4) is 0 Å². The second-order valence-electron chi connectivity index (χ2n) is 6.05. The van der Waals surface area contributed by atoms with E-state index >= 15 is 0 Å². The predicted octanol–water partition coefficient (Wildman–Crippen LogP) is 3.61. The van der Waals surface area contributed by atoms with E-state index in [4.69, 9.17) is 4.74 Å². The van der Waals surface area contributed by atoms with Crippen molar-refractivity contribution >= 4 is 13.3 Å². The molecule has 0 aliphatic rings. The first-order valence-corrected chi connectivity index (χ1v) is 9.75. The molecular weight excluding hydrogens is 285 g/mol.